The van der Waals surface area contributed by atoms with E-state index in [1.807, 2.05) is 0 Å². The smallest absolute Gasteiger partial charge is 0.405 e. The number of alkyl halides is 3. The fraction of sp³-hybridized carbons (Fsp3) is 0.611. The van der Waals surface area contributed by atoms with Gasteiger partial charge in [0.05, 0.1) is 0 Å². The number of halogens is 3. The molecule has 0 radical (unpaired) electrons. The van der Waals surface area contributed by atoms with Crippen molar-refractivity contribution in [1.29, 1.82) is 0 Å². The minimum atomic E-state index is -4.73. The number of para-hydroxylation sites is 1. The van der Waals surface area contributed by atoms with Crippen LogP contribution in [-0.4, -0.2) is 31.9 Å². The summed E-state index contributed by atoms with van der Waals surface area (Å²) in [6.07, 6.45) is -0.883. The molecule has 138 valence electrons. The second-order valence-corrected chi connectivity index (χ2v) is 6.83. The highest BCUT2D eigenvalue weighted by Crippen LogP contribution is 2.51. The summed E-state index contributed by atoms with van der Waals surface area (Å²) >= 11 is 0. The molecule has 2 fully saturated rings. The molecule has 3 unspecified atom stereocenters. The average Bonchev–Trinajstić information content (AvgIpc) is 3.35. The lowest BCUT2D eigenvalue weighted by molar-refractivity contribution is -0.274. The molecule has 1 saturated carbocycles. The van der Waals surface area contributed by atoms with E-state index >= 15 is 0 Å². The van der Waals surface area contributed by atoms with Crippen molar-refractivity contribution in [3.05, 3.63) is 29.8 Å². The van der Waals surface area contributed by atoms with Gasteiger partial charge in [-0.2, -0.15) is 0 Å². The Morgan fingerprint density at radius 3 is 2.84 bits per heavy atom. The van der Waals surface area contributed by atoms with Gasteiger partial charge in [0.25, 0.3) is 0 Å². The lowest BCUT2D eigenvalue weighted by atomic mass is 9.96. The van der Waals surface area contributed by atoms with Crippen molar-refractivity contribution in [2.75, 3.05) is 19.6 Å². The number of piperidine rings is 1. The Balaban J connectivity index is 1.49. The van der Waals surface area contributed by atoms with E-state index in [0.717, 1.165) is 19.5 Å². The molecule has 1 heterocycles. The number of rotatable bonds is 6. The van der Waals surface area contributed by atoms with Crippen molar-refractivity contribution in [1.82, 2.24) is 10.6 Å². The average molecular weight is 356 g/mol. The predicted molar refractivity (Wildman–Crippen MR) is 87.2 cm³/mol. The maximum atomic E-state index is 12.5. The molecule has 4 nitrogen and oxygen atoms in total. The minimum absolute atomic E-state index is 0.0735. The summed E-state index contributed by atoms with van der Waals surface area (Å²) in [4.78, 5) is 12.2. The van der Waals surface area contributed by atoms with Gasteiger partial charge in [-0.15, -0.1) is 13.2 Å². The van der Waals surface area contributed by atoms with Crippen LogP contribution < -0.4 is 15.4 Å². The molecule has 2 aliphatic rings. The molecule has 3 rings (SSSR count). The third-order valence-electron chi connectivity index (χ3n) is 4.92. The molecule has 1 aromatic carbocycles. The fourth-order valence-corrected chi connectivity index (χ4v) is 3.53. The molecule has 0 aromatic heterocycles. The van der Waals surface area contributed by atoms with Crippen LogP contribution in [0.15, 0.2) is 24.3 Å². The molecule has 0 spiro atoms. The van der Waals surface area contributed by atoms with Gasteiger partial charge >= 0.3 is 6.36 Å². The molecular formula is C18H23F3N2O2. The number of carbonyl (C=O) groups is 1. The first-order valence-corrected chi connectivity index (χ1v) is 8.77. The summed E-state index contributed by atoms with van der Waals surface area (Å²) in [7, 11) is 0. The van der Waals surface area contributed by atoms with E-state index in [1.165, 1.54) is 25.0 Å². The normalized spacial score (nSPS) is 26.1. The van der Waals surface area contributed by atoms with Crippen LogP contribution in [0.4, 0.5) is 13.2 Å². The number of nitrogens with one attached hydrogen (secondary N) is 2. The number of benzene rings is 1. The second-order valence-electron chi connectivity index (χ2n) is 6.83. The van der Waals surface area contributed by atoms with Crippen LogP contribution >= 0.6 is 0 Å². The van der Waals surface area contributed by atoms with Gasteiger partial charge in [0, 0.05) is 12.5 Å². The van der Waals surface area contributed by atoms with Crippen LogP contribution in [0.25, 0.3) is 0 Å². The highest BCUT2D eigenvalue weighted by Gasteiger charge is 2.46. The van der Waals surface area contributed by atoms with Crippen LogP contribution in [0.5, 0.6) is 5.75 Å². The summed E-state index contributed by atoms with van der Waals surface area (Å²) < 4.78 is 41.6. The van der Waals surface area contributed by atoms with Crippen LogP contribution in [0.1, 0.15) is 37.2 Å². The third-order valence-corrected chi connectivity index (χ3v) is 4.92. The number of ether oxygens (including phenoxy) is 1. The van der Waals surface area contributed by atoms with Gasteiger partial charge in [-0.1, -0.05) is 18.2 Å². The molecule has 0 bridgehead atoms. The summed E-state index contributed by atoms with van der Waals surface area (Å²) in [5.41, 5.74) is 0.455. The van der Waals surface area contributed by atoms with Crippen molar-refractivity contribution in [2.45, 2.75) is 38.0 Å². The van der Waals surface area contributed by atoms with E-state index in [2.05, 4.69) is 15.4 Å². The zero-order valence-corrected chi connectivity index (χ0v) is 13.9. The maximum Gasteiger partial charge on any atom is 0.573 e. The first-order valence-electron chi connectivity index (χ1n) is 8.77. The quantitative estimate of drug-likeness (QED) is 0.823. The summed E-state index contributed by atoms with van der Waals surface area (Å²) in [6.45, 7) is 2.67. The van der Waals surface area contributed by atoms with Crippen LogP contribution in [0.3, 0.4) is 0 Å². The Labute approximate surface area is 145 Å². The van der Waals surface area contributed by atoms with Crippen LogP contribution in [-0.2, 0) is 4.79 Å². The van der Waals surface area contributed by atoms with Crippen molar-refractivity contribution >= 4 is 5.91 Å². The van der Waals surface area contributed by atoms with Crippen molar-refractivity contribution in [3.8, 4) is 5.75 Å². The molecule has 1 aliphatic heterocycles. The fourth-order valence-electron chi connectivity index (χ4n) is 3.53. The Morgan fingerprint density at radius 1 is 1.32 bits per heavy atom. The summed E-state index contributed by atoms with van der Waals surface area (Å²) in [5, 5.41) is 6.27. The van der Waals surface area contributed by atoms with Gasteiger partial charge in [-0.25, -0.2) is 0 Å². The molecule has 1 aliphatic carbocycles. The summed E-state index contributed by atoms with van der Waals surface area (Å²) in [6, 6.07) is 6.07. The minimum Gasteiger partial charge on any atom is -0.405 e. The Bertz CT molecular complexity index is 600. The van der Waals surface area contributed by atoms with Gasteiger partial charge in [-0.3, -0.25) is 4.79 Å². The standard InChI is InChI=1S/C18H23F3N2O2/c19-18(20,21)25-16-6-2-1-5-13(16)14-10-15(14)17(24)23-9-7-12-4-3-8-22-11-12/h1-2,5-6,12,14-15,22H,3-4,7-11H2,(H,23,24). The Kier molecular flexibility index (Phi) is 5.51. The number of hydrogen-bond acceptors (Lipinski definition) is 3. The van der Waals surface area contributed by atoms with E-state index in [-0.39, 0.29) is 23.5 Å². The molecular weight excluding hydrogens is 333 g/mol. The zero-order valence-electron chi connectivity index (χ0n) is 13.9. The first-order chi connectivity index (χ1) is 11.9. The lowest BCUT2D eigenvalue weighted by Gasteiger charge is -2.22. The van der Waals surface area contributed by atoms with Gasteiger partial charge in [0.2, 0.25) is 5.91 Å². The van der Waals surface area contributed by atoms with E-state index in [9.17, 15) is 18.0 Å². The lowest BCUT2D eigenvalue weighted by Crippen LogP contribution is -2.33. The summed E-state index contributed by atoms with van der Waals surface area (Å²) in [5.74, 6) is -0.151. The Hall–Kier alpha value is -1.76. The number of carbonyl (C=O) groups excluding carboxylic acids is 1. The largest absolute Gasteiger partial charge is 0.573 e. The third kappa shape index (κ3) is 5.11. The molecule has 7 heteroatoms. The number of hydrogen-bond donors (Lipinski definition) is 2. The van der Waals surface area contributed by atoms with Crippen LogP contribution in [0, 0.1) is 11.8 Å². The van der Waals surface area contributed by atoms with Crippen LogP contribution in [0.2, 0.25) is 0 Å². The van der Waals surface area contributed by atoms with Gasteiger partial charge in [-0.05, 0) is 62.2 Å². The monoisotopic (exact) mass is 356 g/mol. The second kappa shape index (κ2) is 7.64. The van der Waals surface area contributed by atoms with E-state index in [0.29, 0.717) is 24.4 Å². The van der Waals surface area contributed by atoms with Crippen molar-refractivity contribution in [3.63, 3.8) is 0 Å². The van der Waals surface area contributed by atoms with Crippen molar-refractivity contribution in [2.24, 2.45) is 11.8 Å². The molecule has 25 heavy (non-hydrogen) atoms. The molecule has 1 aromatic rings. The molecule has 2 N–H and O–H groups in total. The highest BCUT2D eigenvalue weighted by atomic mass is 19.4. The van der Waals surface area contributed by atoms with Gasteiger partial charge < -0.3 is 15.4 Å². The van der Waals surface area contributed by atoms with Crippen molar-refractivity contribution < 1.29 is 22.7 Å². The van der Waals surface area contributed by atoms with E-state index in [1.54, 1.807) is 12.1 Å². The first kappa shape index (κ1) is 18.0. The SMILES string of the molecule is O=C(NCCC1CCCNC1)C1CC1c1ccccc1OC(F)(F)F. The zero-order chi connectivity index (χ0) is 17.9. The number of amides is 1. The molecule has 1 amide bonds. The molecule has 3 atom stereocenters. The topological polar surface area (TPSA) is 50.4 Å². The maximum absolute atomic E-state index is 12.5. The predicted octanol–water partition coefficient (Wildman–Crippen LogP) is 3.19. The Morgan fingerprint density at radius 2 is 2.12 bits per heavy atom. The van der Waals surface area contributed by atoms with E-state index in [4.69, 9.17) is 0 Å². The highest BCUT2D eigenvalue weighted by molar-refractivity contribution is 5.83. The van der Waals surface area contributed by atoms with Gasteiger partial charge in [0.1, 0.15) is 5.75 Å². The van der Waals surface area contributed by atoms with E-state index < -0.39 is 6.36 Å². The van der Waals surface area contributed by atoms with Gasteiger partial charge in [0.15, 0.2) is 0 Å². The molecule has 1 saturated heterocycles.